The number of carbonyl (C=O) groups excluding carboxylic acids is 2. The van der Waals surface area contributed by atoms with Gasteiger partial charge < -0.3 is 10.2 Å². The minimum Gasteiger partial charge on any atom is -0.309 e. The number of amides is 2. The molecule has 0 bridgehead atoms. The number of carbonyl (C=O) groups is 2. The van der Waals surface area contributed by atoms with E-state index >= 15 is 0 Å². The topological polar surface area (TPSA) is 99.7 Å². The molecule has 1 N–H and O–H groups in total. The molecule has 2 aromatic rings. The van der Waals surface area contributed by atoms with Gasteiger partial charge in [-0.05, 0) is 69.0 Å². The van der Waals surface area contributed by atoms with Crippen LogP contribution in [0, 0.1) is 6.92 Å². The summed E-state index contributed by atoms with van der Waals surface area (Å²) in [5, 5.41) is 2.74. The Labute approximate surface area is 182 Å². The summed E-state index contributed by atoms with van der Waals surface area (Å²) in [7, 11) is -3.86. The maximum atomic E-state index is 13.4. The van der Waals surface area contributed by atoms with E-state index in [1.54, 1.807) is 29.2 Å². The van der Waals surface area contributed by atoms with E-state index in [4.69, 9.17) is 0 Å². The molecule has 8 nitrogen and oxygen atoms in total. The molecule has 31 heavy (non-hydrogen) atoms. The van der Waals surface area contributed by atoms with E-state index in [1.165, 1.54) is 17.3 Å². The lowest BCUT2D eigenvalue weighted by Crippen LogP contribution is -2.43. The number of fused-ring (bicyclic) bond motifs is 1. The molecule has 0 aliphatic carbocycles. The van der Waals surface area contributed by atoms with Crippen LogP contribution >= 0.6 is 0 Å². The van der Waals surface area contributed by atoms with Crippen molar-refractivity contribution in [1.82, 2.24) is 9.29 Å². The van der Waals surface area contributed by atoms with Crippen LogP contribution in [0.5, 0.6) is 0 Å². The van der Waals surface area contributed by atoms with E-state index in [0.717, 1.165) is 16.9 Å². The van der Waals surface area contributed by atoms with E-state index in [0.29, 0.717) is 25.1 Å². The highest BCUT2D eigenvalue weighted by Gasteiger charge is 2.40. The number of sulfonamides is 1. The Balaban J connectivity index is 1.59. The highest BCUT2D eigenvalue weighted by molar-refractivity contribution is 7.89. The molecule has 2 amide bonds. The van der Waals surface area contributed by atoms with E-state index in [-0.39, 0.29) is 29.3 Å². The van der Waals surface area contributed by atoms with Gasteiger partial charge in [0, 0.05) is 30.9 Å². The second-order valence-electron chi connectivity index (χ2n) is 8.16. The van der Waals surface area contributed by atoms with Crippen LogP contribution in [0.1, 0.15) is 37.9 Å². The first-order valence-corrected chi connectivity index (χ1v) is 11.8. The molecule has 2 aliphatic rings. The van der Waals surface area contributed by atoms with Gasteiger partial charge in [0.05, 0.1) is 4.90 Å². The van der Waals surface area contributed by atoms with Gasteiger partial charge >= 0.3 is 0 Å². The normalized spacial score (nSPS) is 21.2. The summed E-state index contributed by atoms with van der Waals surface area (Å²) in [6, 6.07) is 9.35. The van der Waals surface area contributed by atoms with Crippen LogP contribution in [0.2, 0.25) is 0 Å². The zero-order valence-corrected chi connectivity index (χ0v) is 18.6. The van der Waals surface area contributed by atoms with Gasteiger partial charge in [-0.2, -0.15) is 4.31 Å². The monoisotopic (exact) mass is 442 g/mol. The summed E-state index contributed by atoms with van der Waals surface area (Å²) in [5.74, 6) is -0.0373. The molecule has 164 valence electrons. The number of pyridine rings is 1. The van der Waals surface area contributed by atoms with Gasteiger partial charge in [0.15, 0.2) is 0 Å². The first-order valence-electron chi connectivity index (χ1n) is 10.4. The van der Waals surface area contributed by atoms with Crippen LogP contribution in [0.4, 0.5) is 11.5 Å². The molecule has 1 aromatic carbocycles. The molecule has 4 rings (SSSR count). The van der Waals surface area contributed by atoms with Crippen molar-refractivity contribution >= 4 is 33.3 Å². The van der Waals surface area contributed by atoms with E-state index in [2.05, 4.69) is 10.3 Å². The van der Waals surface area contributed by atoms with Gasteiger partial charge in [-0.25, -0.2) is 13.4 Å². The quantitative estimate of drug-likeness (QED) is 0.784. The summed E-state index contributed by atoms with van der Waals surface area (Å²) in [5.41, 5.74) is 2.34. The van der Waals surface area contributed by atoms with Crippen molar-refractivity contribution < 1.29 is 18.0 Å². The molecule has 0 spiro atoms. The van der Waals surface area contributed by atoms with Crippen LogP contribution in [-0.4, -0.2) is 48.1 Å². The third kappa shape index (κ3) is 3.95. The predicted molar refractivity (Wildman–Crippen MR) is 117 cm³/mol. The van der Waals surface area contributed by atoms with Crippen LogP contribution in [0.15, 0.2) is 41.3 Å². The van der Waals surface area contributed by atoms with Crippen molar-refractivity contribution in [2.75, 3.05) is 16.8 Å². The number of aryl methyl sites for hydroxylation is 1. The lowest BCUT2D eigenvalue weighted by atomic mass is 10.1. The van der Waals surface area contributed by atoms with Gasteiger partial charge in [-0.3, -0.25) is 9.59 Å². The minimum absolute atomic E-state index is 0.0161. The van der Waals surface area contributed by atoms with E-state index < -0.39 is 16.1 Å². The van der Waals surface area contributed by atoms with E-state index in [1.807, 2.05) is 19.9 Å². The maximum absolute atomic E-state index is 13.4. The lowest BCUT2D eigenvalue weighted by molar-refractivity contribution is -0.119. The fourth-order valence-corrected chi connectivity index (χ4v) is 6.20. The number of nitrogens with one attached hydrogen (secondary N) is 1. The fraction of sp³-hybridized carbons (Fsp3) is 0.409. The Morgan fingerprint density at radius 1 is 1.19 bits per heavy atom. The second-order valence-corrected chi connectivity index (χ2v) is 10.1. The molecule has 1 aromatic heterocycles. The Morgan fingerprint density at radius 2 is 1.97 bits per heavy atom. The third-order valence-corrected chi connectivity index (χ3v) is 7.76. The summed E-state index contributed by atoms with van der Waals surface area (Å²) in [4.78, 5) is 30.9. The molecule has 0 radical (unpaired) electrons. The van der Waals surface area contributed by atoms with Crippen molar-refractivity contribution in [1.29, 1.82) is 0 Å². The molecular weight excluding hydrogens is 416 g/mol. The Morgan fingerprint density at radius 3 is 2.68 bits per heavy atom. The molecule has 1 fully saturated rings. The average Bonchev–Trinajstić information content (AvgIpc) is 3.31. The number of benzene rings is 1. The molecule has 1 saturated heterocycles. The smallest absolute Gasteiger partial charge is 0.243 e. The Hall–Kier alpha value is -2.78. The zero-order valence-electron chi connectivity index (χ0n) is 17.8. The van der Waals surface area contributed by atoms with Gasteiger partial charge in [0.1, 0.15) is 11.9 Å². The first-order chi connectivity index (χ1) is 14.7. The average molecular weight is 443 g/mol. The third-order valence-electron chi connectivity index (χ3n) is 5.86. The largest absolute Gasteiger partial charge is 0.309 e. The summed E-state index contributed by atoms with van der Waals surface area (Å²) < 4.78 is 28.1. The predicted octanol–water partition coefficient (Wildman–Crippen LogP) is 2.48. The SMILES string of the molecule is CC(=O)N1c2ccc(S(=O)(=O)N3CCC[C@@H]3C(=O)Nc3cccc(C)n3)cc2C[C@@H]1C. The molecule has 3 heterocycles. The summed E-state index contributed by atoms with van der Waals surface area (Å²) in [6.07, 6.45) is 1.66. The highest BCUT2D eigenvalue weighted by atomic mass is 32.2. The van der Waals surface area contributed by atoms with Crippen molar-refractivity contribution in [3.05, 3.63) is 47.7 Å². The minimum atomic E-state index is -3.86. The number of aromatic nitrogens is 1. The summed E-state index contributed by atoms with van der Waals surface area (Å²) in [6.45, 7) is 5.56. The molecule has 9 heteroatoms. The van der Waals surface area contributed by atoms with Crippen LogP contribution in [-0.2, 0) is 26.0 Å². The van der Waals surface area contributed by atoms with Crippen molar-refractivity contribution in [3.63, 3.8) is 0 Å². The number of nitrogens with zero attached hydrogens (tertiary/aromatic N) is 3. The van der Waals surface area contributed by atoms with E-state index in [9.17, 15) is 18.0 Å². The first kappa shape index (κ1) is 21.5. The van der Waals surface area contributed by atoms with Crippen molar-refractivity contribution in [2.45, 2.75) is 57.0 Å². The van der Waals surface area contributed by atoms with Crippen LogP contribution in [0.25, 0.3) is 0 Å². The number of hydrogen-bond acceptors (Lipinski definition) is 5. The lowest BCUT2D eigenvalue weighted by Gasteiger charge is -2.24. The van der Waals surface area contributed by atoms with Gasteiger partial charge in [-0.1, -0.05) is 6.07 Å². The molecule has 2 aliphatic heterocycles. The van der Waals surface area contributed by atoms with Gasteiger partial charge in [0.25, 0.3) is 0 Å². The number of rotatable bonds is 4. The molecular formula is C22H26N4O4S. The number of anilines is 2. The van der Waals surface area contributed by atoms with Gasteiger partial charge in [0.2, 0.25) is 21.8 Å². The summed E-state index contributed by atoms with van der Waals surface area (Å²) >= 11 is 0. The van der Waals surface area contributed by atoms with Crippen LogP contribution < -0.4 is 10.2 Å². The highest BCUT2D eigenvalue weighted by Crippen LogP contribution is 2.35. The molecule has 2 atom stereocenters. The molecule has 0 saturated carbocycles. The Kier molecular flexibility index (Phi) is 5.57. The number of hydrogen-bond donors (Lipinski definition) is 1. The van der Waals surface area contributed by atoms with Crippen molar-refractivity contribution in [3.8, 4) is 0 Å². The fourth-order valence-electron chi connectivity index (χ4n) is 4.50. The Bertz CT molecular complexity index is 1150. The van der Waals surface area contributed by atoms with Crippen LogP contribution in [0.3, 0.4) is 0 Å². The standard InChI is InChI=1S/C22H26N4O4S/c1-14-6-4-8-21(23-14)24-22(28)20-7-5-11-25(20)31(29,30)18-9-10-19-17(13-18)12-15(2)26(19)16(3)27/h4,6,8-10,13,15,20H,5,7,11-12H2,1-3H3,(H,23,24,28)/t15-,20+/m0/s1. The zero-order chi connectivity index (χ0) is 22.3. The van der Waals surface area contributed by atoms with Crippen molar-refractivity contribution in [2.24, 2.45) is 0 Å². The second kappa shape index (κ2) is 8.05. The molecule has 0 unspecified atom stereocenters. The van der Waals surface area contributed by atoms with Gasteiger partial charge in [-0.15, -0.1) is 0 Å². The maximum Gasteiger partial charge on any atom is 0.243 e.